The SMILES string of the molecule is COCC(F)OCC(C)F. The van der Waals surface area contributed by atoms with E-state index in [9.17, 15) is 8.78 Å². The Morgan fingerprint density at radius 2 is 1.90 bits per heavy atom. The Morgan fingerprint density at radius 1 is 1.30 bits per heavy atom. The normalized spacial score (nSPS) is 16.8. The first-order valence-corrected chi connectivity index (χ1v) is 3.05. The molecule has 62 valence electrons. The summed E-state index contributed by atoms with van der Waals surface area (Å²) in [6.45, 7) is 0.941. The molecular weight excluding hydrogens is 142 g/mol. The number of ether oxygens (including phenoxy) is 2. The fourth-order valence-electron chi connectivity index (χ4n) is 0.416. The first-order valence-electron chi connectivity index (χ1n) is 3.05. The summed E-state index contributed by atoms with van der Waals surface area (Å²) >= 11 is 0. The molecule has 0 aromatic heterocycles. The van der Waals surface area contributed by atoms with Gasteiger partial charge in [0.05, 0.1) is 6.61 Å². The van der Waals surface area contributed by atoms with Crippen molar-refractivity contribution in [3.63, 3.8) is 0 Å². The van der Waals surface area contributed by atoms with Crippen molar-refractivity contribution in [1.29, 1.82) is 0 Å². The van der Waals surface area contributed by atoms with E-state index in [2.05, 4.69) is 9.47 Å². The Morgan fingerprint density at radius 3 is 2.30 bits per heavy atom. The Hall–Kier alpha value is -0.220. The van der Waals surface area contributed by atoms with Crippen LogP contribution < -0.4 is 0 Å². The number of halogens is 2. The zero-order valence-corrected chi connectivity index (χ0v) is 6.14. The molecule has 0 N–H and O–H groups in total. The monoisotopic (exact) mass is 154 g/mol. The van der Waals surface area contributed by atoms with E-state index in [4.69, 9.17) is 0 Å². The Labute approximate surface area is 59.1 Å². The van der Waals surface area contributed by atoms with E-state index < -0.39 is 12.5 Å². The molecule has 0 saturated heterocycles. The van der Waals surface area contributed by atoms with Gasteiger partial charge < -0.3 is 9.47 Å². The Kier molecular flexibility index (Phi) is 5.43. The molecule has 0 bridgehead atoms. The van der Waals surface area contributed by atoms with Gasteiger partial charge in [-0.1, -0.05) is 0 Å². The van der Waals surface area contributed by atoms with Crippen molar-refractivity contribution in [3.05, 3.63) is 0 Å². The van der Waals surface area contributed by atoms with Gasteiger partial charge in [0.1, 0.15) is 12.8 Å². The maximum Gasteiger partial charge on any atom is 0.222 e. The van der Waals surface area contributed by atoms with Crippen molar-refractivity contribution in [2.45, 2.75) is 19.5 Å². The largest absolute Gasteiger partial charge is 0.379 e. The number of hydrogen-bond acceptors (Lipinski definition) is 2. The first-order chi connectivity index (χ1) is 4.66. The minimum absolute atomic E-state index is 0.146. The highest BCUT2D eigenvalue weighted by molar-refractivity contribution is 4.44. The van der Waals surface area contributed by atoms with E-state index in [-0.39, 0.29) is 13.2 Å². The van der Waals surface area contributed by atoms with Gasteiger partial charge in [0.25, 0.3) is 0 Å². The maximum atomic E-state index is 12.2. The molecule has 10 heavy (non-hydrogen) atoms. The molecule has 0 aliphatic rings. The number of methoxy groups -OCH3 is 1. The van der Waals surface area contributed by atoms with Crippen LogP contribution in [0.15, 0.2) is 0 Å². The van der Waals surface area contributed by atoms with Crippen LogP contribution in [0.4, 0.5) is 8.78 Å². The smallest absolute Gasteiger partial charge is 0.222 e. The molecule has 2 nitrogen and oxygen atoms in total. The second-order valence-electron chi connectivity index (χ2n) is 1.98. The molecule has 0 saturated carbocycles. The van der Waals surface area contributed by atoms with E-state index in [1.54, 1.807) is 0 Å². The quantitative estimate of drug-likeness (QED) is 0.594. The predicted molar refractivity (Wildman–Crippen MR) is 33.3 cm³/mol. The molecule has 0 spiro atoms. The summed E-state index contributed by atoms with van der Waals surface area (Å²) < 4.78 is 33.0. The Balaban J connectivity index is 3.12. The van der Waals surface area contributed by atoms with Gasteiger partial charge in [0, 0.05) is 7.11 Å². The minimum Gasteiger partial charge on any atom is -0.379 e. The highest BCUT2D eigenvalue weighted by atomic mass is 19.1. The van der Waals surface area contributed by atoms with Gasteiger partial charge in [-0.15, -0.1) is 0 Å². The summed E-state index contributed by atoms with van der Waals surface area (Å²) in [7, 11) is 1.36. The van der Waals surface area contributed by atoms with Crippen molar-refractivity contribution in [3.8, 4) is 0 Å². The summed E-state index contributed by atoms with van der Waals surface area (Å²) in [5.41, 5.74) is 0. The fourth-order valence-corrected chi connectivity index (χ4v) is 0.416. The maximum absolute atomic E-state index is 12.2. The van der Waals surface area contributed by atoms with Gasteiger partial charge >= 0.3 is 0 Å². The standard InChI is InChI=1S/C6H12F2O2/c1-5(7)3-10-6(8)4-9-2/h5-6H,3-4H2,1-2H3. The topological polar surface area (TPSA) is 18.5 Å². The molecule has 2 atom stereocenters. The Bertz CT molecular complexity index is 78.1. The number of hydrogen-bond donors (Lipinski definition) is 0. The predicted octanol–water partition coefficient (Wildman–Crippen LogP) is 1.30. The zero-order chi connectivity index (χ0) is 7.98. The van der Waals surface area contributed by atoms with Crippen LogP contribution in [0.2, 0.25) is 0 Å². The van der Waals surface area contributed by atoms with Crippen molar-refractivity contribution in [2.75, 3.05) is 20.3 Å². The van der Waals surface area contributed by atoms with Crippen LogP contribution in [0.25, 0.3) is 0 Å². The molecule has 0 radical (unpaired) electrons. The molecule has 0 heterocycles. The molecule has 0 aromatic rings. The molecule has 4 heteroatoms. The summed E-state index contributed by atoms with van der Waals surface area (Å²) in [4.78, 5) is 0. The third-order valence-electron chi connectivity index (χ3n) is 0.804. The van der Waals surface area contributed by atoms with E-state index in [0.29, 0.717) is 0 Å². The summed E-state index contributed by atoms with van der Waals surface area (Å²) in [5.74, 6) is 0. The molecule has 0 amide bonds. The lowest BCUT2D eigenvalue weighted by Gasteiger charge is -2.08. The number of rotatable bonds is 5. The molecule has 0 rings (SSSR count). The summed E-state index contributed by atoms with van der Waals surface area (Å²) in [5, 5.41) is 0. The van der Waals surface area contributed by atoms with Crippen LogP contribution >= 0.6 is 0 Å². The van der Waals surface area contributed by atoms with Crippen LogP contribution in [0.1, 0.15) is 6.92 Å². The summed E-state index contributed by atoms with van der Waals surface area (Å²) in [6, 6.07) is 0. The molecule has 0 aliphatic heterocycles. The molecule has 0 aliphatic carbocycles. The van der Waals surface area contributed by atoms with Gasteiger partial charge in [0.15, 0.2) is 0 Å². The zero-order valence-electron chi connectivity index (χ0n) is 6.14. The van der Waals surface area contributed by atoms with Crippen LogP contribution in [0.3, 0.4) is 0 Å². The van der Waals surface area contributed by atoms with Crippen molar-refractivity contribution < 1.29 is 18.3 Å². The fraction of sp³-hybridized carbons (Fsp3) is 1.00. The molecule has 2 unspecified atom stereocenters. The lowest BCUT2D eigenvalue weighted by Crippen LogP contribution is -2.17. The van der Waals surface area contributed by atoms with Crippen LogP contribution in [0.5, 0.6) is 0 Å². The lowest BCUT2D eigenvalue weighted by molar-refractivity contribution is -0.0908. The lowest BCUT2D eigenvalue weighted by atomic mass is 10.5. The van der Waals surface area contributed by atoms with Gasteiger partial charge in [-0.2, -0.15) is 0 Å². The minimum atomic E-state index is -1.51. The van der Waals surface area contributed by atoms with E-state index in [0.717, 1.165) is 0 Å². The average molecular weight is 154 g/mol. The van der Waals surface area contributed by atoms with Gasteiger partial charge in [-0.05, 0) is 6.92 Å². The van der Waals surface area contributed by atoms with Crippen molar-refractivity contribution >= 4 is 0 Å². The third kappa shape index (κ3) is 5.91. The van der Waals surface area contributed by atoms with Crippen molar-refractivity contribution in [1.82, 2.24) is 0 Å². The highest BCUT2D eigenvalue weighted by Gasteiger charge is 2.07. The second kappa shape index (κ2) is 5.56. The van der Waals surface area contributed by atoms with Gasteiger partial charge in [0.2, 0.25) is 6.36 Å². The van der Waals surface area contributed by atoms with E-state index >= 15 is 0 Å². The van der Waals surface area contributed by atoms with Crippen LogP contribution in [-0.2, 0) is 9.47 Å². The van der Waals surface area contributed by atoms with Gasteiger partial charge in [-0.25, -0.2) is 8.78 Å². The van der Waals surface area contributed by atoms with E-state index in [1.807, 2.05) is 0 Å². The van der Waals surface area contributed by atoms with Crippen LogP contribution in [0, 0.1) is 0 Å². The molecule has 0 aromatic carbocycles. The number of alkyl halides is 2. The van der Waals surface area contributed by atoms with Gasteiger partial charge in [-0.3, -0.25) is 0 Å². The molecular formula is C6H12F2O2. The molecule has 0 fully saturated rings. The summed E-state index contributed by atoms with van der Waals surface area (Å²) in [6.07, 6.45) is -2.64. The first kappa shape index (κ1) is 9.78. The third-order valence-corrected chi connectivity index (χ3v) is 0.804. The second-order valence-corrected chi connectivity index (χ2v) is 1.98. The average Bonchev–Trinajstić information content (AvgIpc) is 1.85. The van der Waals surface area contributed by atoms with Crippen molar-refractivity contribution in [2.24, 2.45) is 0 Å². The van der Waals surface area contributed by atoms with E-state index in [1.165, 1.54) is 14.0 Å². The van der Waals surface area contributed by atoms with Crippen LogP contribution in [-0.4, -0.2) is 32.9 Å². The highest BCUT2D eigenvalue weighted by Crippen LogP contribution is 1.97.